The van der Waals surface area contributed by atoms with E-state index in [1.807, 2.05) is 0 Å². The molecule has 0 amide bonds. The van der Waals surface area contributed by atoms with Gasteiger partial charge in [0.1, 0.15) is 11.4 Å². The minimum Gasteiger partial charge on any atom is -0.462 e. The average molecular weight is 280 g/mol. The lowest BCUT2D eigenvalue weighted by Gasteiger charge is -2.21. The van der Waals surface area contributed by atoms with Gasteiger partial charge in [0.05, 0.1) is 12.3 Å². The average Bonchev–Trinajstić information content (AvgIpc) is 2.74. The summed E-state index contributed by atoms with van der Waals surface area (Å²) in [6, 6.07) is 0. The second-order valence-corrected chi connectivity index (χ2v) is 4.84. The quantitative estimate of drug-likeness (QED) is 0.786. The van der Waals surface area contributed by atoms with E-state index in [0.717, 1.165) is 30.6 Å². The first-order valence-electron chi connectivity index (χ1n) is 6.83. The summed E-state index contributed by atoms with van der Waals surface area (Å²) in [7, 11) is 0. The van der Waals surface area contributed by atoms with Crippen LogP contribution in [-0.4, -0.2) is 41.4 Å². The molecule has 1 aliphatic rings. The Morgan fingerprint density at radius 1 is 1.45 bits per heavy atom. The van der Waals surface area contributed by atoms with Crippen LogP contribution < -0.4 is 11.1 Å². The topological polar surface area (TPSA) is 99.2 Å². The number of nitrogens with one attached hydrogen (secondary N) is 1. The molecule has 1 saturated heterocycles. The van der Waals surface area contributed by atoms with Crippen molar-refractivity contribution in [3.8, 4) is 0 Å². The maximum atomic E-state index is 12.4. The third-order valence-corrected chi connectivity index (χ3v) is 3.47. The largest absolute Gasteiger partial charge is 0.462 e. The monoisotopic (exact) mass is 280 g/mol. The van der Waals surface area contributed by atoms with Crippen LogP contribution in [0.4, 0.5) is 5.82 Å². The van der Waals surface area contributed by atoms with Gasteiger partial charge in [-0.15, -0.1) is 0 Å². The fourth-order valence-electron chi connectivity index (χ4n) is 2.41. The van der Waals surface area contributed by atoms with Crippen molar-refractivity contribution < 1.29 is 14.3 Å². The van der Waals surface area contributed by atoms with Crippen molar-refractivity contribution in [1.82, 2.24) is 15.1 Å². The van der Waals surface area contributed by atoms with E-state index in [0.29, 0.717) is 5.69 Å². The summed E-state index contributed by atoms with van der Waals surface area (Å²) in [5.41, 5.74) is 6.51. The molecule has 0 saturated carbocycles. The van der Waals surface area contributed by atoms with E-state index in [-0.39, 0.29) is 29.8 Å². The van der Waals surface area contributed by atoms with Crippen LogP contribution in [0, 0.1) is 12.8 Å². The number of rotatable bonds is 3. The van der Waals surface area contributed by atoms with E-state index in [4.69, 9.17) is 10.5 Å². The first-order chi connectivity index (χ1) is 9.56. The molecule has 2 heterocycles. The number of nitrogen functional groups attached to an aromatic ring is 1. The number of nitrogens with zero attached hydrogens (tertiary/aromatic N) is 2. The standard InChI is InChI=1S/C13H20N4O3/c1-3-20-13(19)10-8(2)16-17(11(10)14)12(18)9-4-6-15-7-5-9/h9,15H,3-7,14H2,1-2H3. The van der Waals surface area contributed by atoms with Crippen LogP contribution in [0.25, 0.3) is 0 Å². The molecule has 2 rings (SSSR count). The van der Waals surface area contributed by atoms with Crippen molar-refractivity contribution in [2.45, 2.75) is 26.7 Å². The minimum absolute atomic E-state index is 0.0736. The number of ether oxygens (including phenoxy) is 1. The number of hydrogen-bond donors (Lipinski definition) is 2. The second-order valence-electron chi connectivity index (χ2n) is 4.84. The lowest BCUT2D eigenvalue weighted by molar-refractivity contribution is 0.0527. The van der Waals surface area contributed by atoms with Crippen molar-refractivity contribution in [1.29, 1.82) is 0 Å². The van der Waals surface area contributed by atoms with Crippen molar-refractivity contribution >= 4 is 17.7 Å². The van der Waals surface area contributed by atoms with E-state index in [1.54, 1.807) is 13.8 Å². The lowest BCUT2D eigenvalue weighted by atomic mass is 9.97. The molecule has 1 aromatic rings. The number of aryl methyl sites for hydroxylation is 1. The molecular weight excluding hydrogens is 260 g/mol. The van der Waals surface area contributed by atoms with E-state index in [2.05, 4.69) is 10.4 Å². The van der Waals surface area contributed by atoms with E-state index >= 15 is 0 Å². The number of nitrogens with two attached hydrogens (primary N) is 1. The van der Waals surface area contributed by atoms with Gasteiger partial charge in [-0.05, 0) is 39.8 Å². The molecule has 0 aromatic carbocycles. The summed E-state index contributed by atoms with van der Waals surface area (Å²) < 4.78 is 6.08. The lowest BCUT2D eigenvalue weighted by Crippen LogP contribution is -2.35. The van der Waals surface area contributed by atoms with Gasteiger partial charge in [-0.2, -0.15) is 9.78 Å². The number of esters is 1. The van der Waals surface area contributed by atoms with Gasteiger partial charge in [-0.3, -0.25) is 4.79 Å². The van der Waals surface area contributed by atoms with Gasteiger partial charge in [0.25, 0.3) is 5.91 Å². The van der Waals surface area contributed by atoms with Gasteiger partial charge in [-0.1, -0.05) is 0 Å². The molecule has 110 valence electrons. The highest BCUT2D eigenvalue weighted by Crippen LogP contribution is 2.21. The fraction of sp³-hybridized carbons (Fsp3) is 0.615. The summed E-state index contributed by atoms with van der Waals surface area (Å²) in [4.78, 5) is 24.2. The minimum atomic E-state index is -0.535. The van der Waals surface area contributed by atoms with Crippen LogP contribution in [0.5, 0.6) is 0 Å². The maximum absolute atomic E-state index is 12.4. The van der Waals surface area contributed by atoms with Crippen LogP contribution in [-0.2, 0) is 4.74 Å². The Balaban J connectivity index is 2.26. The number of hydrogen-bond acceptors (Lipinski definition) is 6. The van der Waals surface area contributed by atoms with Gasteiger partial charge in [-0.25, -0.2) is 4.79 Å². The number of piperidine rings is 1. The highest BCUT2D eigenvalue weighted by Gasteiger charge is 2.28. The van der Waals surface area contributed by atoms with E-state index in [1.165, 1.54) is 0 Å². The SMILES string of the molecule is CCOC(=O)c1c(C)nn(C(=O)C2CCNCC2)c1N. The predicted molar refractivity (Wildman–Crippen MR) is 73.6 cm³/mol. The predicted octanol–water partition coefficient (Wildman–Crippen LogP) is 0.590. The number of aromatic nitrogens is 2. The summed E-state index contributed by atoms with van der Waals surface area (Å²) in [5, 5.41) is 7.31. The van der Waals surface area contributed by atoms with Crippen LogP contribution in [0.1, 0.15) is 40.6 Å². The van der Waals surface area contributed by atoms with E-state index < -0.39 is 5.97 Å². The zero-order chi connectivity index (χ0) is 14.7. The molecule has 1 aliphatic heterocycles. The first-order valence-corrected chi connectivity index (χ1v) is 6.83. The summed E-state index contributed by atoms with van der Waals surface area (Å²) >= 11 is 0. The molecule has 0 aliphatic carbocycles. The Hall–Kier alpha value is -1.89. The second kappa shape index (κ2) is 6.04. The van der Waals surface area contributed by atoms with Crippen LogP contribution in [0.3, 0.4) is 0 Å². The van der Waals surface area contributed by atoms with Crippen LogP contribution in [0.15, 0.2) is 0 Å². The third kappa shape index (κ3) is 2.67. The van der Waals surface area contributed by atoms with Gasteiger partial charge in [0, 0.05) is 5.92 Å². The molecule has 1 fully saturated rings. The van der Waals surface area contributed by atoms with Crippen molar-refractivity contribution in [3.05, 3.63) is 11.3 Å². The molecule has 0 unspecified atom stereocenters. The molecule has 7 nitrogen and oxygen atoms in total. The Labute approximate surface area is 117 Å². The first kappa shape index (κ1) is 14.5. The van der Waals surface area contributed by atoms with Gasteiger partial charge in [0.15, 0.2) is 0 Å². The number of anilines is 1. The highest BCUT2D eigenvalue weighted by molar-refractivity contribution is 5.98. The summed E-state index contributed by atoms with van der Waals surface area (Å²) in [5.74, 6) is -0.716. The van der Waals surface area contributed by atoms with Crippen molar-refractivity contribution in [2.24, 2.45) is 5.92 Å². The Morgan fingerprint density at radius 2 is 2.10 bits per heavy atom. The number of carbonyl (C=O) groups excluding carboxylic acids is 2. The summed E-state index contributed by atoms with van der Waals surface area (Å²) in [6.45, 7) is 5.23. The molecule has 1 aromatic heterocycles. The van der Waals surface area contributed by atoms with Crippen molar-refractivity contribution in [2.75, 3.05) is 25.4 Å². The molecule has 20 heavy (non-hydrogen) atoms. The zero-order valence-electron chi connectivity index (χ0n) is 11.8. The maximum Gasteiger partial charge on any atom is 0.343 e. The summed E-state index contributed by atoms with van der Waals surface area (Å²) in [6.07, 6.45) is 1.51. The molecule has 0 radical (unpaired) electrons. The molecule has 0 spiro atoms. The molecule has 0 atom stereocenters. The smallest absolute Gasteiger partial charge is 0.343 e. The Morgan fingerprint density at radius 3 is 2.70 bits per heavy atom. The van der Waals surface area contributed by atoms with Gasteiger partial charge in [0.2, 0.25) is 0 Å². The Bertz CT molecular complexity index is 518. The van der Waals surface area contributed by atoms with E-state index in [9.17, 15) is 9.59 Å². The third-order valence-electron chi connectivity index (χ3n) is 3.47. The van der Waals surface area contributed by atoms with Crippen LogP contribution in [0.2, 0.25) is 0 Å². The van der Waals surface area contributed by atoms with Crippen LogP contribution >= 0.6 is 0 Å². The fourth-order valence-corrected chi connectivity index (χ4v) is 2.41. The molecule has 0 bridgehead atoms. The van der Waals surface area contributed by atoms with Gasteiger partial charge < -0.3 is 15.8 Å². The Kier molecular flexibility index (Phi) is 4.39. The van der Waals surface area contributed by atoms with Crippen molar-refractivity contribution in [3.63, 3.8) is 0 Å². The molecule has 3 N–H and O–H groups in total. The molecule has 7 heteroatoms. The zero-order valence-corrected chi connectivity index (χ0v) is 11.8. The van der Waals surface area contributed by atoms with Gasteiger partial charge >= 0.3 is 5.97 Å². The number of carbonyl (C=O) groups is 2. The normalized spacial score (nSPS) is 16.1. The molecular formula is C13H20N4O3. The highest BCUT2D eigenvalue weighted by atomic mass is 16.5.